The van der Waals surface area contributed by atoms with Gasteiger partial charge in [-0.2, -0.15) is 0 Å². The van der Waals surface area contributed by atoms with E-state index in [1.807, 2.05) is 12.1 Å². The maximum absolute atomic E-state index is 3.49. The molecular weight excluding hydrogens is 312 g/mol. The molecule has 2 aromatic carbocycles. The van der Waals surface area contributed by atoms with Crippen LogP contribution in [0.1, 0.15) is 5.69 Å². The zero-order valence-corrected chi connectivity index (χ0v) is 13.0. The van der Waals surface area contributed by atoms with Crippen molar-refractivity contribution in [3.8, 4) is 0 Å². The van der Waals surface area contributed by atoms with Crippen LogP contribution >= 0.6 is 15.9 Å². The van der Waals surface area contributed by atoms with Gasteiger partial charge in [-0.15, -0.1) is 0 Å². The van der Waals surface area contributed by atoms with E-state index in [1.54, 1.807) is 0 Å². The minimum atomic E-state index is 0.913. The minimum Gasteiger partial charge on any atom is -0.383 e. The molecule has 0 saturated carbocycles. The Morgan fingerprint density at radius 2 is 1.90 bits per heavy atom. The van der Waals surface area contributed by atoms with Crippen LogP contribution in [0, 0.1) is 6.92 Å². The Labute approximate surface area is 127 Å². The number of para-hydroxylation sites is 1. The molecule has 3 aromatic rings. The third-order valence-corrected chi connectivity index (χ3v) is 4.00. The molecule has 1 N–H and O–H groups in total. The molecule has 2 nitrogen and oxygen atoms in total. The van der Waals surface area contributed by atoms with E-state index in [1.165, 1.54) is 16.6 Å². The van der Waals surface area contributed by atoms with E-state index in [4.69, 9.17) is 0 Å². The zero-order chi connectivity index (χ0) is 13.9. The molecule has 3 rings (SSSR count). The number of halogens is 1. The fourth-order valence-corrected chi connectivity index (χ4v) is 2.95. The lowest BCUT2D eigenvalue weighted by atomic mass is 10.2. The van der Waals surface area contributed by atoms with E-state index in [0.717, 1.165) is 23.2 Å². The van der Waals surface area contributed by atoms with Gasteiger partial charge in [0.15, 0.2) is 0 Å². The van der Waals surface area contributed by atoms with E-state index < -0.39 is 0 Å². The normalized spacial score (nSPS) is 10.9. The van der Waals surface area contributed by atoms with Gasteiger partial charge in [-0.1, -0.05) is 40.2 Å². The molecule has 0 aliphatic rings. The molecule has 1 aromatic heterocycles. The summed E-state index contributed by atoms with van der Waals surface area (Å²) in [6.07, 6.45) is 0. The maximum Gasteiger partial charge on any atom is 0.0483 e. The lowest BCUT2D eigenvalue weighted by molar-refractivity contribution is 0.735. The van der Waals surface area contributed by atoms with Crippen molar-refractivity contribution >= 4 is 32.5 Å². The van der Waals surface area contributed by atoms with Crippen molar-refractivity contribution in [1.29, 1.82) is 0 Å². The van der Waals surface area contributed by atoms with Crippen LogP contribution in [0.15, 0.2) is 59.1 Å². The van der Waals surface area contributed by atoms with Crippen molar-refractivity contribution in [3.63, 3.8) is 0 Å². The van der Waals surface area contributed by atoms with Crippen LogP contribution in [-0.4, -0.2) is 11.1 Å². The van der Waals surface area contributed by atoms with Gasteiger partial charge in [-0.05, 0) is 42.6 Å². The Morgan fingerprint density at radius 3 is 2.75 bits per heavy atom. The largest absolute Gasteiger partial charge is 0.383 e. The highest BCUT2D eigenvalue weighted by Gasteiger charge is 2.04. The smallest absolute Gasteiger partial charge is 0.0483 e. The average molecular weight is 329 g/mol. The van der Waals surface area contributed by atoms with E-state index in [2.05, 4.69) is 75.2 Å². The van der Waals surface area contributed by atoms with Crippen molar-refractivity contribution < 1.29 is 0 Å². The lowest BCUT2D eigenvalue weighted by Crippen LogP contribution is -2.11. The summed E-state index contributed by atoms with van der Waals surface area (Å²) in [5.41, 5.74) is 3.76. The quantitative estimate of drug-likeness (QED) is 0.726. The van der Waals surface area contributed by atoms with E-state index in [0.29, 0.717) is 0 Å². The molecule has 0 aliphatic heterocycles. The van der Waals surface area contributed by atoms with Gasteiger partial charge >= 0.3 is 0 Å². The van der Waals surface area contributed by atoms with Crippen LogP contribution in [0.5, 0.6) is 0 Å². The number of hydrogen-bond acceptors (Lipinski definition) is 1. The molecular formula is C17H17BrN2. The van der Waals surface area contributed by atoms with Crippen LogP contribution in [0.25, 0.3) is 10.9 Å². The molecule has 3 heteroatoms. The van der Waals surface area contributed by atoms with Crippen LogP contribution in [-0.2, 0) is 6.54 Å². The van der Waals surface area contributed by atoms with Crippen LogP contribution in [0.4, 0.5) is 5.69 Å². The standard InChI is InChI=1S/C17H17BrN2/c1-13-11-14-5-2-3-8-17(14)20(13)10-9-19-16-7-4-6-15(18)12-16/h2-8,11-12,19H,9-10H2,1H3. The number of rotatable bonds is 4. The second kappa shape index (κ2) is 5.71. The molecule has 0 amide bonds. The van der Waals surface area contributed by atoms with Crippen LogP contribution < -0.4 is 5.32 Å². The SMILES string of the molecule is Cc1cc2ccccc2n1CCNc1cccc(Br)c1. The Hall–Kier alpha value is -1.74. The molecule has 20 heavy (non-hydrogen) atoms. The van der Waals surface area contributed by atoms with E-state index in [-0.39, 0.29) is 0 Å². The molecule has 0 bridgehead atoms. The number of aryl methyl sites for hydroxylation is 1. The highest BCUT2D eigenvalue weighted by molar-refractivity contribution is 9.10. The predicted octanol–water partition coefficient (Wildman–Crippen LogP) is 4.82. The zero-order valence-electron chi connectivity index (χ0n) is 11.4. The highest BCUT2D eigenvalue weighted by atomic mass is 79.9. The first kappa shape index (κ1) is 13.3. The third-order valence-electron chi connectivity index (χ3n) is 3.51. The highest BCUT2D eigenvalue weighted by Crippen LogP contribution is 2.19. The van der Waals surface area contributed by atoms with Crippen molar-refractivity contribution in [3.05, 3.63) is 64.8 Å². The number of fused-ring (bicyclic) bond motifs is 1. The summed E-state index contributed by atoms with van der Waals surface area (Å²) in [5, 5.41) is 4.78. The molecule has 1 heterocycles. The summed E-state index contributed by atoms with van der Waals surface area (Å²) in [4.78, 5) is 0. The number of nitrogens with zero attached hydrogens (tertiary/aromatic N) is 1. The van der Waals surface area contributed by atoms with Crippen molar-refractivity contribution in [1.82, 2.24) is 4.57 Å². The second-order valence-corrected chi connectivity index (χ2v) is 5.85. The van der Waals surface area contributed by atoms with Gasteiger partial charge in [0.2, 0.25) is 0 Å². The molecule has 0 radical (unpaired) electrons. The summed E-state index contributed by atoms with van der Waals surface area (Å²) in [7, 11) is 0. The van der Waals surface area contributed by atoms with Crippen LogP contribution in [0.3, 0.4) is 0 Å². The summed E-state index contributed by atoms with van der Waals surface area (Å²) in [6.45, 7) is 4.04. The Kier molecular flexibility index (Phi) is 3.79. The first-order valence-corrected chi connectivity index (χ1v) is 7.58. The molecule has 0 unspecified atom stereocenters. The molecule has 102 valence electrons. The molecule has 0 atom stereocenters. The van der Waals surface area contributed by atoms with Gasteiger partial charge in [0.1, 0.15) is 0 Å². The van der Waals surface area contributed by atoms with Crippen molar-refractivity contribution in [2.45, 2.75) is 13.5 Å². The third kappa shape index (κ3) is 2.73. The Bertz CT molecular complexity index is 731. The van der Waals surface area contributed by atoms with Gasteiger partial charge in [0.05, 0.1) is 0 Å². The average Bonchev–Trinajstić information content (AvgIpc) is 2.75. The number of aromatic nitrogens is 1. The predicted molar refractivity (Wildman–Crippen MR) is 89.3 cm³/mol. The summed E-state index contributed by atoms with van der Waals surface area (Å²) >= 11 is 3.49. The minimum absolute atomic E-state index is 0.913. The van der Waals surface area contributed by atoms with Gasteiger partial charge in [-0.25, -0.2) is 0 Å². The van der Waals surface area contributed by atoms with E-state index >= 15 is 0 Å². The summed E-state index contributed by atoms with van der Waals surface area (Å²) in [6, 6.07) is 19.0. The summed E-state index contributed by atoms with van der Waals surface area (Å²) in [5.74, 6) is 0. The molecule has 0 aliphatic carbocycles. The van der Waals surface area contributed by atoms with Gasteiger partial charge in [-0.3, -0.25) is 0 Å². The van der Waals surface area contributed by atoms with Crippen molar-refractivity contribution in [2.24, 2.45) is 0 Å². The van der Waals surface area contributed by atoms with Crippen molar-refractivity contribution in [2.75, 3.05) is 11.9 Å². The molecule has 0 saturated heterocycles. The molecule has 0 spiro atoms. The number of anilines is 1. The van der Waals surface area contributed by atoms with E-state index in [9.17, 15) is 0 Å². The van der Waals surface area contributed by atoms with Gasteiger partial charge in [0.25, 0.3) is 0 Å². The van der Waals surface area contributed by atoms with Crippen LogP contribution in [0.2, 0.25) is 0 Å². The number of hydrogen-bond donors (Lipinski definition) is 1. The second-order valence-electron chi connectivity index (χ2n) is 4.93. The topological polar surface area (TPSA) is 17.0 Å². The summed E-state index contributed by atoms with van der Waals surface area (Å²) < 4.78 is 3.46. The fraction of sp³-hybridized carbons (Fsp3) is 0.176. The Morgan fingerprint density at radius 1 is 1.05 bits per heavy atom. The monoisotopic (exact) mass is 328 g/mol. The molecule has 0 fully saturated rings. The maximum atomic E-state index is 3.49. The van der Waals surface area contributed by atoms with Gasteiger partial charge in [0, 0.05) is 34.5 Å². The first-order chi connectivity index (χ1) is 9.74. The first-order valence-electron chi connectivity index (χ1n) is 6.78. The Balaban J connectivity index is 1.73. The lowest BCUT2D eigenvalue weighted by Gasteiger charge is -2.10. The number of benzene rings is 2. The fourth-order valence-electron chi connectivity index (χ4n) is 2.56. The number of nitrogens with one attached hydrogen (secondary N) is 1. The van der Waals surface area contributed by atoms with Gasteiger partial charge < -0.3 is 9.88 Å².